The van der Waals surface area contributed by atoms with Crippen molar-refractivity contribution >= 4 is 33.2 Å². The van der Waals surface area contributed by atoms with Gasteiger partial charge in [-0.3, -0.25) is 0 Å². The topological polar surface area (TPSA) is 63.4 Å². The van der Waals surface area contributed by atoms with Crippen LogP contribution in [0.3, 0.4) is 0 Å². The van der Waals surface area contributed by atoms with Crippen LogP contribution in [0.5, 0.6) is 0 Å². The highest BCUT2D eigenvalue weighted by Crippen LogP contribution is 2.30. The maximum Gasteiger partial charge on any atom is 0.220 e. The molecule has 1 aromatic heterocycles. The molecule has 0 spiro atoms. The van der Waals surface area contributed by atoms with Crippen molar-refractivity contribution in [2.24, 2.45) is 0 Å². The lowest BCUT2D eigenvalue weighted by Gasteiger charge is -2.25. The molecule has 2 aromatic rings. The molecule has 0 radical (unpaired) electrons. The van der Waals surface area contributed by atoms with E-state index < -0.39 is 16.1 Å². The molecule has 1 atom stereocenters. The average molecular weight is 349 g/mol. The first-order valence-corrected chi connectivity index (χ1v) is 8.47. The summed E-state index contributed by atoms with van der Waals surface area (Å²) in [4.78, 5) is 0. The lowest BCUT2D eigenvalue weighted by molar-refractivity contribution is 0.393. The van der Waals surface area contributed by atoms with Crippen LogP contribution in [0.25, 0.3) is 0 Å². The van der Waals surface area contributed by atoms with E-state index in [0.29, 0.717) is 21.3 Å². The predicted octanol–water partition coefficient (Wildman–Crippen LogP) is 3.50. The van der Waals surface area contributed by atoms with Crippen molar-refractivity contribution in [3.8, 4) is 0 Å². The fraction of sp³-hybridized carbons (Fsp3) is 0.308. The normalized spacial score (nSPS) is 13.6. The van der Waals surface area contributed by atoms with Crippen LogP contribution in [-0.4, -0.2) is 24.9 Å². The Morgan fingerprint density at radius 2 is 2.05 bits per heavy atom. The van der Waals surface area contributed by atoms with Crippen LogP contribution < -0.4 is 0 Å². The number of aromatic nitrogens is 1. The molecule has 21 heavy (non-hydrogen) atoms. The van der Waals surface area contributed by atoms with E-state index in [1.807, 2.05) is 0 Å². The summed E-state index contributed by atoms with van der Waals surface area (Å²) < 4.78 is 30.6. The molecule has 8 heteroatoms. The van der Waals surface area contributed by atoms with E-state index in [1.165, 1.54) is 23.7 Å². The molecule has 0 amide bonds. The molecule has 1 aromatic carbocycles. The monoisotopic (exact) mass is 348 g/mol. The van der Waals surface area contributed by atoms with Crippen molar-refractivity contribution < 1.29 is 12.9 Å². The molecule has 0 aliphatic heterocycles. The maximum atomic E-state index is 12.4. The Balaban J connectivity index is 2.23. The number of benzene rings is 1. The van der Waals surface area contributed by atoms with Gasteiger partial charge in [-0.15, -0.1) is 0 Å². The van der Waals surface area contributed by atoms with Crippen molar-refractivity contribution in [3.05, 3.63) is 51.8 Å². The fourth-order valence-corrected chi connectivity index (χ4v) is 3.77. The van der Waals surface area contributed by atoms with Crippen LogP contribution in [0.4, 0.5) is 0 Å². The van der Waals surface area contributed by atoms with E-state index >= 15 is 0 Å². The van der Waals surface area contributed by atoms with Gasteiger partial charge in [0.1, 0.15) is 12.0 Å². The van der Waals surface area contributed by atoms with Gasteiger partial charge in [-0.2, -0.15) is 4.31 Å². The standard InChI is InChI=1S/C13H14Cl2N2O3S/c1-9(12-4-3-10(14)7-13(12)15)17(2)21(18,19)8-11-5-6-20-16-11/h3-7,9H,8H2,1-2H3. The fourth-order valence-electron chi connectivity index (χ4n) is 1.88. The van der Waals surface area contributed by atoms with Crippen LogP contribution in [-0.2, 0) is 15.8 Å². The first-order valence-electron chi connectivity index (χ1n) is 6.11. The first-order chi connectivity index (χ1) is 9.81. The Labute approximate surface area is 133 Å². The number of hydrogen-bond acceptors (Lipinski definition) is 4. The second kappa shape index (κ2) is 6.36. The summed E-state index contributed by atoms with van der Waals surface area (Å²) >= 11 is 12.0. The Morgan fingerprint density at radius 1 is 1.33 bits per heavy atom. The largest absolute Gasteiger partial charge is 0.364 e. The highest BCUT2D eigenvalue weighted by molar-refractivity contribution is 7.88. The Hall–Kier alpha value is -1.08. The number of nitrogens with zero attached hydrogens (tertiary/aromatic N) is 2. The molecule has 1 heterocycles. The minimum absolute atomic E-state index is 0.227. The predicted molar refractivity (Wildman–Crippen MR) is 81.8 cm³/mol. The summed E-state index contributed by atoms with van der Waals surface area (Å²) in [5.41, 5.74) is 1.04. The summed E-state index contributed by atoms with van der Waals surface area (Å²) in [5.74, 6) is -0.227. The average Bonchev–Trinajstić information content (AvgIpc) is 2.89. The van der Waals surface area contributed by atoms with Gasteiger partial charge in [0.05, 0.1) is 5.69 Å². The van der Waals surface area contributed by atoms with Crippen LogP contribution in [0, 0.1) is 0 Å². The quantitative estimate of drug-likeness (QED) is 0.829. The van der Waals surface area contributed by atoms with Crippen molar-refractivity contribution in [2.45, 2.75) is 18.7 Å². The van der Waals surface area contributed by atoms with Gasteiger partial charge >= 0.3 is 0 Å². The molecule has 0 aliphatic rings. The molecule has 1 unspecified atom stereocenters. The van der Waals surface area contributed by atoms with E-state index in [9.17, 15) is 8.42 Å². The molecular weight excluding hydrogens is 335 g/mol. The summed E-state index contributed by atoms with van der Waals surface area (Å²) in [6, 6.07) is 6.08. The number of sulfonamides is 1. The van der Waals surface area contributed by atoms with E-state index in [-0.39, 0.29) is 5.75 Å². The van der Waals surface area contributed by atoms with Gasteiger partial charge in [-0.1, -0.05) is 34.4 Å². The lowest BCUT2D eigenvalue weighted by atomic mass is 10.1. The van der Waals surface area contributed by atoms with Crippen LogP contribution in [0.15, 0.2) is 35.1 Å². The lowest BCUT2D eigenvalue weighted by Crippen LogP contribution is -2.31. The molecule has 114 valence electrons. The second-order valence-corrected chi connectivity index (χ2v) is 7.48. The number of rotatable bonds is 5. The van der Waals surface area contributed by atoms with Gasteiger partial charge in [0.25, 0.3) is 0 Å². The molecule has 0 N–H and O–H groups in total. The number of halogens is 2. The zero-order chi connectivity index (χ0) is 15.6. The minimum Gasteiger partial charge on any atom is -0.364 e. The Kier molecular flexibility index (Phi) is 4.93. The minimum atomic E-state index is -3.54. The highest BCUT2D eigenvalue weighted by Gasteiger charge is 2.26. The third-order valence-electron chi connectivity index (χ3n) is 3.22. The first kappa shape index (κ1) is 16.3. The summed E-state index contributed by atoms with van der Waals surface area (Å²) in [7, 11) is -2.03. The molecule has 0 saturated heterocycles. The zero-order valence-corrected chi connectivity index (χ0v) is 13.8. The van der Waals surface area contributed by atoms with E-state index in [0.717, 1.165) is 0 Å². The second-order valence-electron chi connectivity index (χ2n) is 4.61. The molecule has 5 nitrogen and oxygen atoms in total. The molecular formula is C13H14Cl2N2O3S. The third kappa shape index (κ3) is 3.77. The van der Waals surface area contributed by atoms with Crippen molar-refractivity contribution in [1.82, 2.24) is 9.46 Å². The Morgan fingerprint density at radius 3 is 2.62 bits per heavy atom. The SMILES string of the molecule is CC(c1ccc(Cl)cc1Cl)N(C)S(=O)(=O)Cc1ccon1. The molecule has 0 aliphatic carbocycles. The molecule has 0 saturated carbocycles. The summed E-state index contributed by atoms with van der Waals surface area (Å²) in [6.07, 6.45) is 1.34. The van der Waals surface area contributed by atoms with Gasteiger partial charge < -0.3 is 4.52 Å². The zero-order valence-electron chi connectivity index (χ0n) is 11.5. The summed E-state index contributed by atoms with van der Waals surface area (Å²) in [6.45, 7) is 1.76. The van der Waals surface area contributed by atoms with Crippen LogP contribution in [0.2, 0.25) is 10.0 Å². The van der Waals surface area contributed by atoms with Gasteiger partial charge in [-0.05, 0) is 24.6 Å². The van der Waals surface area contributed by atoms with Crippen molar-refractivity contribution in [1.29, 1.82) is 0 Å². The molecule has 2 rings (SSSR count). The van der Waals surface area contributed by atoms with Crippen molar-refractivity contribution in [3.63, 3.8) is 0 Å². The van der Waals surface area contributed by atoms with E-state index in [2.05, 4.69) is 9.68 Å². The smallest absolute Gasteiger partial charge is 0.220 e. The van der Waals surface area contributed by atoms with Crippen LogP contribution in [0.1, 0.15) is 24.2 Å². The van der Waals surface area contributed by atoms with E-state index in [4.69, 9.17) is 23.2 Å². The maximum absolute atomic E-state index is 12.4. The molecule has 0 fully saturated rings. The van der Waals surface area contributed by atoms with Crippen molar-refractivity contribution in [2.75, 3.05) is 7.05 Å². The number of hydrogen-bond donors (Lipinski definition) is 0. The Bertz CT molecular complexity index is 717. The third-order valence-corrected chi connectivity index (χ3v) is 5.64. The van der Waals surface area contributed by atoms with E-state index in [1.54, 1.807) is 25.1 Å². The van der Waals surface area contributed by atoms with Gasteiger partial charge in [0.2, 0.25) is 10.0 Å². The van der Waals surface area contributed by atoms with Gasteiger partial charge in [0, 0.05) is 29.2 Å². The summed E-state index contributed by atoms with van der Waals surface area (Å²) in [5, 5.41) is 4.55. The highest BCUT2D eigenvalue weighted by atomic mass is 35.5. The molecule has 0 bridgehead atoms. The van der Waals surface area contributed by atoms with Gasteiger partial charge in [0.15, 0.2) is 0 Å². The van der Waals surface area contributed by atoms with Crippen LogP contribution >= 0.6 is 23.2 Å². The van der Waals surface area contributed by atoms with Gasteiger partial charge in [-0.25, -0.2) is 8.42 Å².